The molecule has 0 spiro atoms. The van der Waals surface area contributed by atoms with E-state index in [9.17, 15) is 14.4 Å². The van der Waals surface area contributed by atoms with Crippen molar-refractivity contribution >= 4 is 75.6 Å². The van der Waals surface area contributed by atoms with Crippen LogP contribution < -0.4 is 0 Å². The van der Waals surface area contributed by atoms with E-state index in [1.165, 1.54) is 173 Å². The van der Waals surface area contributed by atoms with Gasteiger partial charge in [-0.1, -0.05) is 78.6 Å². The number of carbonyl (C=O) groups is 3. The third-order valence-corrected chi connectivity index (χ3v) is 28.0. The van der Waals surface area contributed by atoms with Gasteiger partial charge in [0.1, 0.15) is 0 Å². The summed E-state index contributed by atoms with van der Waals surface area (Å²) >= 11 is 12.3. The average Bonchev–Trinajstić information content (AvgIpc) is 3.26. The SMILES string of the molecule is CCCCCCCCCCCCOC(=O)C[CH](S)[Sn]([CH](S)CC(=O)OCCCCCCCCCCCC)[CH](S)C(CCCCCCCC)C(=O)OCCCCCCCCCCCC. The molecule has 0 aromatic rings. The van der Waals surface area contributed by atoms with Crippen LogP contribution in [0.15, 0.2) is 0 Å². The smallest absolute Gasteiger partial charge is 0.0654 e. The molecule has 4 atom stereocenters. The van der Waals surface area contributed by atoms with Gasteiger partial charge in [-0.25, -0.2) is 0 Å². The predicted octanol–water partition coefficient (Wildman–Crippen LogP) is 16.5. The molecule has 0 aliphatic carbocycles. The Kier molecular flexibility index (Phi) is 48.9. The third-order valence-electron chi connectivity index (χ3n) is 12.6. The van der Waals surface area contributed by atoms with Crippen molar-refractivity contribution in [1.82, 2.24) is 0 Å². The molecule has 373 valence electrons. The van der Waals surface area contributed by atoms with Gasteiger partial charge in [-0.2, -0.15) is 0 Å². The maximum absolute atomic E-state index is 14.0. The van der Waals surface area contributed by atoms with Crippen molar-refractivity contribution in [1.29, 1.82) is 0 Å². The summed E-state index contributed by atoms with van der Waals surface area (Å²) in [5.74, 6) is -1.12. The van der Waals surface area contributed by atoms with Gasteiger partial charge >= 0.3 is 339 Å². The van der Waals surface area contributed by atoms with E-state index in [1.807, 2.05) is 0 Å². The van der Waals surface area contributed by atoms with Crippen LogP contribution in [0.25, 0.3) is 0 Å². The molecule has 4 unspecified atom stereocenters. The first-order chi connectivity index (χ1) is 30.7. The van der Waals surface area contributed by atoms with Gasteiger partial charge in [-0.05, 0) is 0 Å². The normalized spacial score (nSPS) is 13.5. The number of carbonyl (C=O) groups excluding carboxylic acids is 3. The first-order valence-electron chi connectivity index (χ1n) is 27.1. The molecule has 0 bridgehead atoms. The van der Waals surface area contributed by atoms with Gasteiger partial charge in [0, 0.05) is 0 Å². The summed E-state index contributed by atoms with van der Waals surface area (Å²) < 4.78 is 16.6. The van der Waals surface area contributed by atoms with E-state index in [-0.39, 0.29) is 40.5 Å². The molecule has 0 saturated heterocycles. The fourth-order valence-electron chi connectivity index (χ4n) is 8.49. The number of esters is 3. The van der Waals surface area contributed by atoms with Crippen LogP contribution in [-0.4, -0.2) is 67.3 Å². The monoisotopic (exact) mass is 1050 g/mol. The van der Waals surface area contributed by atoms with Crippen LogP contribution in [0.1, 0.15) is 278 Å². The second-order valence-corrected chi connectivity index (χ2v) is 33.3. The zero-order valence-electron chi connectivity index (χ0n) is 41.8. The summed E-state index contributed by atoms with van der Waals surface area (Å²) in [5.41, 5.74) is 0. The molecular weight excluding hydrogens is 947 g/mol. The van der Waals surface area contributed by atoms with Crippen LogP contribution in [-0.2, 0) is 28.6 Å². The molecule has 63 heavy (non-hydrogen) atoms. The summed E-state index contributed by atoms with van der Waals surface area (Å²) in [6.45, 7) is 10.2. The van der Waals surface area contributed by atoms with Gasteiger partial charge < -0.3 is 0 Å². The fraction of sp³-hybridized carbons (Fsp3) is 0.943. The van der Waals surface area contributed by atoms with Crippen LogP contribution in [0.3, 0.4) is 0 Å². The van der Waals surface area contributed by atoms with Crippen molar-refractivity contribution < 1.29 is 28.6 Å². The molecule has 0 aromatic carbocycles. The van der Waals surface area contributed by atoms with Crippen molar-refractivity contribution in [2.45, 2.75) is 288 Å². The van der Waals surface area contributed by atoms with E-state index in [4.69, 9.17) is 52.1 Å². The minimum Gasteiger partial charge on any atom is -0.0654 e. The first-order valence-corrected chi connectivity index (χ1v) is 33.6. The second kappa shape index (κ2) is 48.7. The summed E-state index contributed by atoms with van der Waals surface area (Å²) in [4.78, 5) is 40.5. The van der Waals surface area contributed by atoms with E-state index in [1.54, 1.807) is 0 Å². The molecule has 0 aliphatic heterocycles. The van der Waals surface area contributed by atoms with Crippen molar-refractivity contribution in [3.8, 4) is 0 Å². The van der Waals surface area contributed by atoms with E-state index < -0.39 is 25.7 Å². The molecule has 10 heteroatoms. The number of hydrogen-bond donors (Lipinski definition) is 3. The molecule has 0 aliphatic rings. The zero-order valence-corrected chi connectivity index (χ0v) is 47.3. The standard InChI is InChI=1S/C23H45O2S.2C15H29O2S.Sn/c1-3-5-7-9-11-12-13-14-16-18-20-25-23(24)22(21-26)19-17-15-10-8-6-4-2;2*1-2-3-4-5-6-7-8-9-10-11-13-17-15(16)12-14-18;/h21-22,26H,3-20H2,1-2H3;2*14,18H,2-13H2,1H3;. The minimum atomic E-state index is -3.13. The number of unbranched alkanes of at least 4 members (excludes halogenated alkanes) is 32. The number of rotatable bonds is 49. The number of ether oxygens (including phenoxy) is 3. The van der Waals surface area contributed by atoms with Gasteiger partial charge in [-0.3, -0.25) is 0 Å². The van der Waals surface area contributed by atoms with Crippen molar-refractivity contribution in [3.63, 3.8) is 0 Å². The van der Waals surface area contributed by atoms with E-state index >= 15 is 0 Å². The molecule has 0 fully saturated rings. The average molecular weight is 1050 g/mol. The van der Waals surface area contributed by atoms with E-state index in [2.05, 4.69) is 27.7 Å². The third kappa shape index (κ3) is 39.9. The van der Waals surface area contributed by atoms with E-state index in [0.717, 1.165) is 57.8 Å². The Hall–Kier alpha value is 0.259. The Morgan fingerprint density at radius 3 is 0.921 bits per heavy atom. The van der Waals surface area contributed by atoms with Crippen LogP contribution >= 0.6 is 37.9 Å². The predicted molar refractivity (Wildman–Crippen MR) is 283 cm³/mol. The van der Waals surface area contributed by atoms with Crippen molar-refractivity contribution in [2.75, 3.05) is 19.8 Å². The summed E-state index contributed by atoms with van der Waals surface area (Å²) in [6.07, 6.45) is 44.5. The van der Waals surface area contributed by atoms with E-state index in [0.29, 0.717) is 26.2 Å². The van der Waals surface area contributed by atoms with Crippen molar-refractivity contribution in [3.05, 3.63) is 0 Å². The Balaban J connectivity index is 5.49. The van der Waals surface area contributed by atoms with Gasteiger partial charge in [0.25, 0.3) is 0 Å². The number of thiol groups is 3. The van der Waals surface area contributed by atoms with Crippen LogP contribution in [0.2, 0.25) is 0 Å². The Labute approximate surface area is 414 Å². The quantitative estimate of drug-likeness (QED) is 0.0185. The molecule has 1 radical (unpaired) electrons. The fourth-order valence-corrected chi connectivity index (χ4v) is 26.4. The van der Waals surface area contributed by atoms with Gasteiger partial charge in [-0.15, -0.1) is 0 Å². The molecule has 0 heterocycles. The summed E-state index contributed by atoms with van der Waals surface area (Å²) in [5, 5.41) is 0. The molecule has 0 rings (SSSR count). The van der Waals surface area contributed by atoms with Crippen LogP contribution in [0.4, 0.5) is 0 Å². The summed E-state index contributed by atoms with van der Waals surface area (Å²) in [7, 11) is 0. The molecule has 0 amide bonds. The maximum atomic E-state index is 14.0. The van der Waals surface area contributed by atoms with Crippen molar-refractivity contribution in [2.24, 2.45) is 5.92 Å². The zero-order chi connectivity index (χ0) is 46.4. The first kappa shape index (κ1) is 63.3. The Morgan fingerprint density at radius 1 is 0.365 bits per heavy atom. The van der Waals surface area contributed by atoms with Crippen LogP contribution in [0.5, 0.6) is 0 Å². The molecule has 6 nitrogen and oxygen atoms in total. The van der Waals surface area contributed by atoms with Crippen LogP contribution in [0, 0.1) is 5.92 Å². The molecule has 0 aromatic heterocycles. The van der Waals surface area contributed by atoms with Gasteiger partial charge in [0.15, 0.2) is 0 Å². The molecular formula is C53H103O6S3Sn. The minimum absolute atomic E-state index is 0.148. The molecule has 0 saturated carbocycles. The van der Waals surface area contributed by atoms with Gasteiger partial charge in [0.05, 0.1) is 0 Å². The Bertz CT molecular complexity index is 975. The molecule has 0 N–H and O–H groups in total. The topological polar surface area (TPSA) is 78.9 Å². The summed E-state index contributed by atoms with van der Waals surface area (Å²) in [6, 6.07) is 0. The van der Waals surface area contributed by atoms with Gasteiger partial charge in [0.2, 0.25) is 0 Å². The number of hydrogen-bond acceptors (Lipinski definition) is 9. The Morgan fingerprint density at radius 2 is 0.619 bits per heavy atom. The second-order valence-electron chi connectivity index (χ2n) is 18.7.